The average molecular weight is 397 g/mol. The molecule has 7 N–H and O–H groups in total. The molecule has 2 amide bonds. The molecule has 1 rings (SSSR count). The highest BCUT2D eigenvalue weighted by Crippen LogP contribution is 2.10. The highest BCUT2D eigenvalue weighted by molar-refractivity contribution is 5.92. The van der Waals surface area contributed by atoms with Gasteiger partial charge in [0.25, 0.3) is 0 Å². The third kappa shape index (κ3) is 7.35. The summed E-state index contributed by atoms with van der Waals surface area (Å²) in [7, 11) is 0. The Morgan fingerprint density at radius 1 is 1.21 bits per heavy atom. The van der Waals surface area contributed by atoms with E-state index in [1.54, 1.807) is 6.92 Å². The van der Waals surface area contributed by atoms with Crippen LogP contribution in [0.1, 0.15) is 38.8 Å². The molecule has 0 aliphatic carbocycles. The molecule has 0 aliphatic rings. The molecule has 0 spiro atoms. The number of aliphatic carboxylic acids is 2. The zero-order valence-corrected chi connectivity index (χ0v) is 15.8. The smallest absolute Gasteiger partial charge is 0.326 e. The lowest BCUT2D eigenvalue weighted by Crippen LogP contribution is -2.57. The Bertz CT molecular complexity index is 678. The highest BCUT2D eigenvalue weighted by Gasteiger charge is 2.31. The Hall–Kier alpha value is -2.95. The van der Waals surface area contributed by atoms with Crippen molar-refractivity contribution in [1.82, 2.24) is 20.6 Å². The summed E-state index contributed by atoms with van der Waals surface area (Å²) in [5, 5.41) is 22.8. The molecule has 0 saturated heterocycles. The van der Waals surface area contributed by atoms with Gasteiger partial charge in [-0.2, -0.15) is 0 Å². The number of amides is 2. The van der Waals surface area contributed by atoms with Crippen LogP contribution >= 0.6 is 0 Å². The number of rotatable bonds is 12. The van der Waals surface area contributed by atoms with Crippen molar-refractivity contribution < 1.29 is 29.4 Å². The predicted molar refractivity (Wildman–Crippen MR) is 98.1 cm³/mol. The second-order valence-corrected chi connectivity index (χ2v) is 6.59. The van der Waals surface area contributed by atoms with E-state index in [0.717, 1.165) is 0 Å². The van der Waals surface area contributed by atoms with Gasteiger partial charge in [0.2, 0.25) is 11.8 Å². The maximum atomic E-state index is 12.6. The monoisotopic (exact) mass is 397 g/mol. The number of carbonyl (C=O) groups is 4. The molecule has 11 heteroatoms. The number of hydrogen-bond donors (Lipinski definition) is 6. The van der Waals surface area contributed by atoms with Gasteiger partial charge in [-0.05, 0) is 12.3 Å². The molecule has 0 aromatic carbocycles. The van der Waals surface area contributed by atoms with Crippen molar-refractivity contribution in [3.05, 3.63) is 18.2 Å². The van der Waals surface area contributed by atoms with Gasteiger partial charge in [-0.1, -0.05) is 20.3 Å². The van der Waals surface area contributed by atoms with Crippen molar-refractivity contribution in [2.75, 3.05) is 0 Å². The number of carboxylic acid groups (broad SMARTS) is 2. The van der Waals surface area contributed by atoms with Crippen molar-refractivity contribution >= 4 is 23.8 Å². The average Bonchev–Trinajstić information content (AvgIpc) is 3.14. The summed E-state index contributed by atoms with van der Waals surface area (Å²) in [6.45, 7) is 3.55. The lowest BCUT2D eigenvalue weighted by molar-refractivity contribution is -0.143. The maximum Gasteiger partial charge on any atom is 0.326 e. The van der Waals surface area contributed by atoms with E-state index in [2.05, 4.69) is 20.6 Å². The third-order valence-electron chi connectivity index (χ3n) is 4.39. The van der Waals surface area contributed by atoms with E-state index in [9.17, 15) is 24.3 Å². The fourth-order valence-electron chi connectivity index (χ4n) is 2.47. The van der Waals surface area contributed by atoms with Gasteiger partial charge in [-0.15, -0.1) is 0 Å². The fourth-order valence-corrected chi connectivity index (χ4v) is 2.47. The maximum absolute atomic E-state index is 12.6. The van der Waals surface area contributed by atoms with Crippen LogP contribution in [0.15, 0.2) is 12.5 Å². The molecule has 156 valence electrons. The predicted octanol–water partition coefficient (Wildman–Crippen LogP) is -0.755. The van der Waals surface area contributed by atoms with Gasteiger partial charge < -0.3 is 31.6 Å². The minimum atomic E-state index is -1.37. The normalized spacial score (nSPS) is 15.1. The summed E-state index contributed by atoms with van der Waals surface area (Å²) in [6, 6.07) is -3.30. The number of aromatic nitrogens is 2. The van der Waals surface area contributed by atoms with Gasteiger partial charge in [0.05, 0.1) is 12.4 Å². The van der Waals surface area contributed by atoms with E-state index in [0.29, 0.717) is 12.1 Å². The van der Waals surface area contributed by atoms with E-state index in [4.69, 9.17) is 10.8 Å². The lowest BCUT2D eigenvalue weighted by Gasteiger charge is -2.26. The second kappa shape index (κ2) is 11.0. The molecule has 4 atom stereocenters. The standard InChI is InChI=1S/C17H27N5O6/c1-3-9(2)14(16(26)21-12(17(27)28)4-5-13(23)24)22-15(25)11(18)6-10-7-19-8-20-10/h7-9,11-12,14H,3-6,18H2,1-2H3,(H,19,20)(H,21,26)(H,22,25)(H,23,24)(H,27,28)/t9-,11-,12-,14-/m0/s1. The van der Waals surface area contributed by atoms with E-state index < -0.39 is 48.3 Å². The van der Waals surface area contributed by atoms with Crippen LogP contribution in [0, 0.1) is 5.92 Å². The van der Waals surface area contributed by atoms with E-state index in [-0.39, 0.29) is 18.8 Å². The minimum Gasteiger partial charge on any atom is -0.481 e. The van der Waals surface area contributed by atoms with Crippen LogP contribution in [0.3, 0.4) is 0 Å². The molecule has 0 radical (unpaired) electrons. The number of carboxylic acids is 2. The number of nitrogens with two attached hydrogens (primary N) is 1. The summed E-state index contributed by atoms with van der Waals surface area (Å²) in [5.74, 6) is -4.07. The molecule has 1 heterocycles. The number of nitrogens with one attached hydrogen (secondary N) is 3. The van der Waals surface area contributed by atoms with Crippen LogP contribution in [0.5, 0.6) is 0 Å². The molecule has 28 heavy (non-hydrogen) atoms. The van der Waals surface area contributed by atoms with Crippen LogP contribution in [0.25, 0.3) is 0 Å². The van der Waals surface area contributed by atoms with Crippen LogP contribution in [0.4, 0.5) is 0 Å². The molecule has 0 unspecified atom stereocenters. The molecule has 1 aromatic heterocycles. The SMILES string of the molecule is CC[C@H](C)[C@H](NC(=O)[C@@H](N)Cc1cnc[nH]1)C(=O)N[C@@H](CCC(=O)O)C(=O)O. The van der Waals surface area contributed by atoms with E-state index in [1.165, 1.54) is 12.5 Å². The number of imidazole rings is 1. The Kier molecular flexibility index (Phi) is 9.09. The second-order valence-electron chi connectivity index (χ2n) is 6.59. The zero-order chi connectivity index (χ0) is 21.3. The fraction of sp³-hybridized carbons (Fsp3) is 0.588. The number of aromatic amines is 1. The van der Waals surface area contributed by atoms with Crippen molar-refractivity contribution in [2.24, 2.45) is 11.7 Å². The number of nitrogens with zero attached hydrogens (tertiary/aromatic N) is 1. The first kappa shape index (κ1) is 23.1. The first-order valence-corrected chi connectivity index (χ1v) is 8.93. The van der Waals surface area contributed by atoms with Gasteiger partial charge >= 0.3 is 11.9 Å². The van der Waals surface area contributed by atoms with Gasteiger partial charge in [-0.25, -0.2) is 9.78 Å². The van der Waals surface area contributed by atoms with Crippen LogP contribution in [-0.2, 0) is 25.6 Å². The van der Waals surface area contributed by atoms with Gasteiger partial charge in [0, 0.05) is 24.7 Å². The van der Waals surface area contributed by atoms with Crippen molar-refractivity contribution in [1.29, 1.82) is 0 Å². The molecule has 0 saturated carbocycles. The Morgan fingerprint density at radius 3 is 2.39 bits per heavy atom. The van der Waals surface area contributed by atoms with Crippen molar-refractivity contribution in [3.8, 4) is 0 Å². The van der Waals surface area contributed by atoms with Crippen LogP contribution in [-0.4, -0.2) is 62.1 Å². The summed E-state index contributed by atoms with van der Waals surface area (Å²) >= 11 is 0. The van der Waals surface area contributed by atoms with E-state index >= 15 is 0 Å². The first-order valence-electron chi connectivity index (χ1n) is 8.93. The molecule has 0 fully saturated rings. The number of H-pyrrole nitrogens is 1. The van der Waals surface area contributed by atoms with Gasteiger partial charge in [-0.3, -0.25) is 14.4 Å². The molecule has 1 aromatic rings. The molecule has 0 bridgehead atoms. The molecular formula is C17H27N5O6. The van der Waals surface area contributed by atoms with Gasteiger partial charge in [0.1, 0.15) is 12.1 Å². The van der Waals surface area contributed by atoms with Crippen molar-refractivity contribution in [3.63, 3.8) is 0 Å². The van der Waals surface area contributed by atoms with Crippen molar-refractivity contribution in [2.45, 2.75) is 57.7 Å². The summed E-state index contributed by atoms with van der Waals surface area (Å²) in [4.78, 5) is 53.6. The first-order chi connectivity index (χ1) is 13.1. The molecule has 11 nitrogen and oxygen atoms in total. The summed E-state index contributed by atoms with van der Waals surface area (Å²) in [6.07, 6.45) is 3.05. The lowest BCUT2D eigenvalue weighted by atomic mass is 9.97. The molecular weight excluding hydrogens is 370 g/mol. The van der Waals surface area contributed by atoms with Crippen LogP contribution < -0.4 is 16.4 Å². The van der Waals surface area contributed by atoms with Crippen LogP contribution in [0.2, 0.25) is 0 Å². The minimum absolute atomic E-state index is 0.192. The Morgan fingerprint density at radius 2 is 1.89 bits per heavy atom. The van der Waals surface area contributed by atoms with E-state index in [1.807, 2.05) is 6.92 Å². The zero-order valence-electron chi connectivity index (χ0n) is 15.8. The van der Waals surface area contributed by atoms with Gasteiger partial charge in [0.15, 0.2) is 0 Å². The quantitative estimate of drug-likeness (QED) is 0.265. The highest BCUT2D eigenvalue weighted by atomic mass is 16.4. The third-order valence-corrected chi connectivity index (χ3v) is 4.39. The Balaban J connectivity index is 2.79. The topological polar surface area (TPSA) is 187 Å². The summed E-state index contributed by atoms with van der Waals surface area (Å²) < 4.78 is 0. The molecule has 0 aliphatic heterocycles. The largest absolute Gasteiger partial charge is 0.481 e. The summed E-state index contributed by atoms with van der Waals surface area (Å²) in [5.41, 5.74) is 6.54. The number of carbonyl (C=O) groups excluding carboxylic acids is 2. The Labute approximate surface area is 162 Å². The number of hydrogen-bond acceptors (Lipinski definition) is 6.